The Hall–Kier alpha value is -2.95. The summed E-state index contributed by atoms with van der Waals surface area (Å²) in [7, 11) is 3.83. The van der Waals surface area contributed by atoms with Gasteiger partial charge in [-0.05, 0) is 38.4 Å². The van der Waals surface area contributed by atoms with E-state index in [1.165, 1.54) is 30.3 Å². The molecule has 1 heterocycles. The van der Waals surface area contributed by atoms with E-state index in [0.29, 0.717) is 35.9 Å². The smallest absolute Gasteiger partial charge is 0.505 e. The monoisotopic (exact) mass is 501 g/mol. The Bertz CT molecular complexity index is 1110. The molecule has 0 radical (unpaired) electrons. The molecule has 0 aliphatic carbocycles. The maximum atomic E-state index is 12.6. The number of ether oxygens (including phenoxy) is 1. The summed E-state index contributed by atoms with van der Waals surface area (Å²) >= 11 is 12.0. The largest absolute Gasteiger partial charge is 0.573 e. The van der Waals surface area contributed by atoms with Gasteiger partial charge in [-0.1, -0.05) is 35.3 Å². The number of hydrogen-bond donors (Lipinski definition) is 3. The van der Waals surface area contributed by atoms with Gasteiger partial charge >= 0.3 is 6.36 Å². The number of rotatable bonds is 8. The second-order valence-electron chi connectivity index (χ2n) is 7.18. The lowest BCUT2D eigenvalue weighted by Gasteiger charge is -2.14. The second-order valence-corrected chi connectivity index (χ2v) is 8.00. The summed E-state index contributed by atoms with van der Waals surface area (Å²) < 4.78 is 41.9. The number of nitrogens with one attached hydrogen (secondary N) is 2. The highest BCUT2D eigenvalue weighted by Gasteiger charge is 2.31. The van der Waals surface area contributed by atoms with Gasteiger partial charge in [0.05, 0.1) is 15.7 Å². The molecular formula is C21H20Cl2F3N5O2. The van der Waals surface area contributed by atoms with Crippen molar-refractivity contribution in [3.63, 3.8) is 0 Å². The third-order valence-electron chi connectivity index (χ3n) is 4.22. The van der Waals surface area contributed by atoms with E-state index in [1.54, 1.807) is 12.1 Å². The quantitative estimate of drug-likeness (QED) is 0.338. The Kier molecular flexibility index (Phi) is 7.72. The van der Waals surface area contributed by atoms with Crippen molar-refractivity contribution in [3.05, 3.63) is 52.5 Å². The van der Waals surface area contributed by atoms with Crippen LogP contribution in [0, 0.1) is 0 Å². The molecule has 0 saturated carbocycles. The summed E-state index contributed by atoms with van der Waals surface area (Å²) in [4.78, 5) is 10.8. The molecule has 0 spiro atoms. The van der Waals surface area contributed by atoms with Crippen LogP contribution >= 0.6 is 23.2 Å². The molecule has 0 unspecified atom stereocenters. The SMILES string of the molecule is CN(C)CCNc1nc(Nc2cc(Cl)c(O)c(Cl)c2)cc(-c2cccc(OC(F)(F)F)c2)n1. The highest BCUT2D eigenvalue weighted by Crippen LogP contribution is 2.36. The van der Waals surface area contributed by atoms with Crippen LogP contribution in [0.5, 0.6) is 11.5 Å². The van der Waals surface area contributed by atoms with Gasteiger partial charge in [-0.2, -0.15) is 4.98 Å². The van der Waals surface area contributed by atoms with Gasteiger partial charge in [-0.25, -0.2) is 4.98 Å². The molecule has 0 amide bonds. The van der Waals surface area contributed by atoms with Crippen LogP contribution in [-0.4, -0.2) is 53.5 Å². The Labute approximate surface area is 198 Å². The van der Waals surface area contributed by atoms with E-state index in [1.807, 2.05) is 19.0 Å². The third kappa shape index (κ3) is 7.28. The van der Waals surface area contributed by atoms with Gasteiger partial charge in [0.25, 0.3) is 0 Å². The maximum Gasteiger partial charge on any atom is 0.573 e. The molecule has 3 aromatic rings. The topological polar surface area (TPSA) is 82.5 Å². The molecule has 1 aromatic heterocycles. The molecule has 3 rings (SSSR count). The van der Waals surface area contributed by atoms with E-state index in [-0.39, 0.29) is 27.5 Å². The van der Waals surface area contributed by atoms with Crippen molar-refractivity contribution in [2.75, 3.05) is 37.8 Å². The van der Waals surface area contributed by atoms with Crippen LogP contribution in [0.25, 0.3) is 11.3 Å². The van der Waals surface area contributed by atoms with Crippen LogP contribution in [0.1, 0.15) is 0 Å². The minimum Gasteiger partial charge on any atom is -0.505 e. The molecule has 2 aromatic carbocycles. The average Bonchev–Trinajstić information content (AvgIpc) is 2.70. The summed E-state index contributed by atoms with van der Waals surface area (Å²) in [5, 5.41) is 16.0. The first-order valence-corrected chi connectivity index (χ1v) is 10.3. The lowest BCUT2D eigenvalue weighted by atomic mass is 10.1. The van der Waals surface area contributed by atoms with E-state index in [4.69, 9.17) is 23.2 Å². The van der Waals surface area contributed by atoms with Gasteiger partial charge in [0.2, 0.25) is 5.95 Å². The maximum absolute atomic E-state index is 12.6. The molecule has 33 heavy (non-hydrogen) atoms. The third-order valence-corrected chi connectivity index (χ3v) is 4.80. The van der Waals surface area contributed by atoms with Gasteiger partial charge in [-0.3, -0.25) is 0 Å². The number of halogens is 5. The zero-order chi connectivity index (χ0) is 24.2. The molecule has 12 heteroatoms. The number of nitrogens with zero attached hydrogens (tertiary/aromatic N) is 3. The number of aromatic hydroxyl groups is 1. The van der Waals surface area contributed by atoms with Crippen LogP contribution < -0.4 is 15.4 Å². The van der Waals surface area contributed by atoms with Crippen LogP contribution in [0.15, 0.2) is 42.5 Å². The number of likely N-dealkylation sites (N-methyl/N-ethyl adjacent to an activating group) is 1. The summed E-state index contributed by atoms with van der Waals surface area (Å²) in [6, 6.07) is 9.95. The van der Waals surface area contributed by atoms with E-state index in [0.717, 1.165) is 0 Å². The predicted molar refractivity (Wildman–Crippen MR) is 123 cm³/mol. The first-order valence-electron chi connectivity index (χ1n) is 9.59. The zero-order valence-corrected chi connectivity index (χ0v) is 19.1. The fourth-order valence-electron chi connectivity index (χ4n) is 2.77. The summed E-state index contributed by atoms with van der Waals surface area (Å²) in [6.45, 7) is 1.23. The van der Waals surface area contributed by atoms with Crippen molar-refractivity contribution in [2.24, 2.45) is 0 Å². The number of phenolic OH excluding ortho intramolecular Hbond substituents is 1. The van der Waals surface area contributed by atoms with Crippen molar-refractivity contribution in [2.45, 2.75) is 6.36 Å². The lowest BCUT2D eigenvalue weighted by Crippen LogP contribution is -2.21. The first kappa shape index (κ1) is 24.7. The van der Waals surface area contributed by atoms with Crippen molar-refractivity contribution in [3.8, 4) is 22.8 Å². The van der Waals surface area contributed by atoms with Crippen molar-refractivity contribution < 1.29 is 23.0 Å². The average molecular weight is 502 g/mol. The molecule has 0 saturated heterocycles. The predicted octanol–water partition coefficient (Wildman–Crippen LogP) is 5.77. The van der Waals surface area contributed by atoms with E-state index >= 15 is 0 Å². The van der Waals surface area contributed by atoms with Crippen LogP contribution in [0.2, 0.25) is 10.0 Å². The minimum atomic E-state index is -4.81. The first-order chi connectivity index (χ1) is 15.5. The molecule has 0 bridgehead atoms. The lowest BCUT2D eigenvalue weighted by molar-refractivity contribution is -0.274. The molecule has 0 aliphatic rings. The Morgan fingerprint density at radius 1 is 1.06 bits per heavy atom. The van der Waals surface area contributed by atoms with E-state index < -0.39 is 6.36 Å². The molecule has 0 fully saturated rings. The fraction of sp³-hybridized carbons (Fsp3) is 0.238. The highest BCUT2D eigenvalue weighted by molar-refractivity contribution is 6.37. The van der Waals surface area contributed by atoms with Crippen molar-refractivity contribution in [1.29, 1.82) is 0 Å². The molecule has 0 aliphatic heterocycles. The summed E-state index contributed by atoms with van der Waals surface area (Å²) in [6.07, 6.45) is -4.81. The van der Waals surface area contributed by atoms with Gasteiger partial charge in [-0.15, -0.1) is 13.2 Å². The number of alkyl halides is 3. The van der Waals surface area contributed by atoms with Crippen LogP contribution in [-0.2, 0) is 0 Å². The molecule has 7 nitrogen and oxygen atoms in total. The highest BCUT2D eigenvalue weighted by atomic mass is 35.5. The van der Waals surface area contributed by atoms with Crippen LogP contribution in [0.4, 0.5) is 30.6 Å². The Morgan fingerprint density at radius 2 is 1.76 bits per heavy atom. The Balaban J connectivity index is 1.97. The number of aromatic nitrogens is 2. The molecule has 176 valence electrons. The van der Waals surface area contributed by atoms with Crippen molar-refractivity contribution in [1.82, 2.24) is 14.9 Å². The summed E-state index contributed by atoms with van der Waals surface area (Å²) in [5.41, 5.74) is 1.18. The van der Waals surface area contributed by atoms with Gasteiger partial charge < -0.3 is 25.4 Å². The normalized spacial score (nSPS) is 11.5. The van der Waals surface area contributed by atoms with Gasteiger partial charge in [0, 0.05) is 30.4 Å². The molecule has 3 N–H and O–H groups in total. The number of benzene rings is 2. The number of phenols is 1. The number of anilines is 3. The molecular weight excluding hydrogens is 482 g/mol. The van der Waals surface area contributed by atoms with Crippen molar-refractivity contribution >= 4 is 40.7 Å². The minimum absolute atomic E-state index is 0.0422. The zero-order valence-electron chi connectivity index (χ0n) is 17.5. The standard InChI is InChI=1S/C21H20Cl2F3N5O2/c1-31(2)7-6-27-20-29-17(12-4-3-5-14(8-12)33-21(24,25)26)11-18(30-20)28-13-9-15(22)19(32)16(23)10-13/h3-5,8-11,32H,6-7H2,1-2H3,(H2,27,28,29,30). The summed E-state index contributed by atoms with van der Waals surface area (Å²) in [5.74, 6) is -0.0330. The Morgan fingerprint density at radius 3 is 2.39 bits per heavy atom. The van der Waals surface area contributed by atoms with Crippen LogP contribution in [0.3, 0.4) is 0 Å². The van der Waals surface area contributed by atoms with E-state index in [9.17, 15) is 18.3 Å². The van der Waals surface area contributed by atoms with E-state index in [2.05, 4.69) is 25.3 Å². The number of hydrogen-bond acceptors (Lipinski definition) is 7. The van der Waals surface area contributed by atoms with Gasteiger partial charge in [0.1, 0.15) is 11.6 Å². The van der Waals surface area contributed by atoms with Gasteiger partial charge in [0.15, 0.2) is 5.75 Å². The fourth-order valence-corrected chi connectivity index (χ4v) is 3.25. The molecule has 0 atom stereocenters. The second kappa shape index (κ2) is 10.3.